The number of amides is 1. The summed E-state index contributed by atoms with van der Waals surface area (Å²) in [6.07, 6.45) is 2.52. The molecule has 7 nitrogen and oxygen atoms in total. The molecule has 25 heavy (non-hydrogen) atoms. The van der Waals surface area contributed by atoms with Crippen LogP contribution in [-0.2, 0) is 11.3 Å². The molecule has 1 amide bonds. The lowest BCUT2D eigenvalue weighted by molar-refractivity contribution is -0.0627. The number of carbonyl (C=O) groups excluding carboxylic acids is 1. The van der Waals surface area contributed by atoms with Crippen LogP contribution in [0.1, 0.15) is 28.5 Å². The Morgan fingerprint density at radius 2 is 2.20 bits per heavy atom. The van der Waals surface area contributed by atoms with E-state index < -0.39 is 0 Å². The molecule has 2 aromatic rings. The van der Waals surface area contributed by atoms with E-state index >= 15 is 0 Å². The van der Waals surface area contributed by atoms with Gasteiger partial charge in [-0.1, -0.05) is 5.21 Å². The van der Waals surface area contributed by atoms with Crippen LogP contribution >= 0.6 is 11.8 Å². The first-order valence-corrected chi connectivity index (χ1v) is 9.38. The van der Waals surface area contributed by atoms with Crippen molar-refractivity contribution in [2.24, 2.45) is 0 Å². The molecule has 4 rings (SSSR count). The topological polar surface area (TPSA) is 80.5 Å². The van der Waals surface area contributed by atoms with Gasteiger partial charge in [0.25, 0.3) is 5.91 Å². The highest BCUT2D eigenvalue weighted by Crippen LogP contribution is 2.31. The number of hydrogen-bond donors (Lipinski definition) is 1. The van der Waals surface area contributed by atoms with Gasteiger partial charge in [-0.2, -0.15) is 0 Å². The minimum Gasteiger partial charge on any atom is -0.396 e. The summed E-state index contributed by atoms with van der Waals surface area (Å²) in [6.45, 7) is 1.90. The molecule has 2 aliphatic heterocycles. The first-order chi connectivity index (χ1) is 12.3. The van der Waals surface area contributed by atoms with Crippen LogP contribution in [0.25, 0.3) is 0 Å². The molecule has 0 aliphatic carbocycles. The second kappa shape index (κ2) is 7.15. The first kappa shape index (κ1) is 16.6. The van der Waals surface area contributed by atoms with E-state index in [9.17, 15) is 4.79 Å². The maximum Gasteiger partial charge on any atom is 0.253 e. The minimum atomic E-state index is -0.0358. The Bertz CT molecular complexity index is 749. The van der Waals surface area contributed by atoms with Crippen LogP contribution in [-0.4, -0.2) is 62.5 Å². The molecule has 0 unspecified atom stereocenters. The second-order valence-electron chi connectivity index (χ2n) is 6.22. The summed E-state index contributed by atoms with van der Waals surface area (Å²) < 4.78 is 7.87. The summed E-state index contributed by atoms with van der Waals surface area (Å²) in [7, 11) is 0. The van der Waals surface area contributed by atoms with E-state index in [0.717, 1.165) is 17.0 Å². The quantitative estimate of drug-likeness (QED) is 0.829. The number of thioether (sulfide) groups is 1. The molecular weight excluding hydrogens is 340 g/mol. The molecule has 1 aromatic heterocycles. The monoisotopic (exact) mass is 360 g/mol. The molecule has 0 saturated carbocycles. The van der Waals surface area contributed by atoms with Crippen LogP contribution in [0.4, 0.5) is 0 Å². The lowest BCUT2D eigenvalue weighted by atomic mass is 9.99. The predicted octanol–water partition coefficient (Wildman–Crippen LogP) is 1.35. The summed E-state index contributed by atoms with van der Waals surface area (Å²) in [5, 5.41) is 17.0. The van der Waals surface area contributed by atoms with E-state index in [-0.39, 0.29) is 24.7 Å². The van der Waals surface area contributed by atoms with Gasteiger partial charge in [0.05, 0.1) is 37.3 Å². The van der Waals surface area contributed by atoms with Gasteiger partial charge in [-0.3, -0.25) is 4.79 Å². The van der Waals surface area contributed by atoms with Gasteiger partial charge >= 0.3 is 0 Å². The summed E-state index contributed by atoms with van der Waals surface area (Å²) in [5.41, 5.74) is 1.68. The summed E-state index contributed by atoms with van der Waals surface area (Å²) in [4.78, 5) is 15.7. The molecule has 2 aliphatic rings. The molecule has 132 valence electrons. The third kappa shape index (κ3) is 3.29. The lowest BCUT2D eigenvalue weighted by Crippen LogP contribution is -2.50. The maximum absolute atomic E-state index is 12.8. The Morgan fingerprint density at radius 1 is 1.36 bits per heavy atom. The molecule has 8 heteroatoms. The van der Waals surface area contributed by atoms with Gasteiger partial charge in [-0.05, 0) is 30.7 Å². The SMILES string of the molecule is O=C(c1ccc(SCCO)cc1)N1CC[C@H]2[C@H](C1)OCc1cnnn12. The zero-order valence-corrected chi connectivity index (χ0v) is 14.6. The fraction of sp³-hybridized carbons (Fsp3) is 0.471. The highest BCUT2D eigenvalue weighted by molar-refractivity contribution is 7.99. The van der Waals surface area contributed by atoms with Crippen LogP contribution in [0.15, 0.2) is 35.4 Å². The number of aliphatic hydroxyl groups is 1. The second-order valence-corrected chi connectivity index (χ2v) is 7.39. The number of aliphatic hydroxyl groups excluding tert-OH is 1. The van der Waals surface area contributed by atoms with E-state index in [1.165, 1.54) is 0 Å². The van der Waals surface area contributed by atoms with E-state index in [0.29, 0.717) is 31.0 Å². The van der Waals surface area contributed by atoms with Gasteiger partial charge < -0.3 is 14.7 Å². The lowest BCUT2D eigenvalue weighted by Gasteiger charge is -2.41. The molecule has 3 heterocycles. The molecular formula is C17H20N4O3S. The van der Waals surface area contributed by atoms with Crippen LogP contribution in [0.3, 0.4) is 0 Å². The highest BCUT2D eigenvalue weighted by atomic mass is 32.2. The molecule has 1 fully saturated rings. The van der Waals surface area contributed by atoms with Crippen molar-refractivity contribution >= 4 is 17.7 Å². The number of aromatic nitrogens is 3. The Balaban J connectivity index is 1.42. The zero-order valence-electron chi connectivity index (χ0n) is 13.7. The van der Waals surface area contributed by atoms with Gasteiger partial charge in [-0.15, -0.1) is 16.9 Å². The van der Waals surface area contributed by atoms with E-state index in [4.69, 9.17) is 9.84 Å². The Morgan fingerprint density at radius 3 is 3.00 bits per heavy atom. The number of carbonyl (C=O) groups is 1. The number of piperidine rings is 1. The third-order valence-corrected chi connectivity index (χ3v) is 5.67. The van der Waals surface area contributed by atoms with E-state index in [2.05, 4.69) is 10.3 Å². The molecule has 0 radical (unpaired) electrons. The number of likely N-dealkylation sites (tertiary alicyclic amines) is 1. The van der Waals surface area contributed by atoms with Crippen molar-refractivity contribution in [3.63, 3.8) is 0 Å². The van der Waals surface area contributed by atoms with Gasteiger partial charge in [0.2, 0.25) is 0 Å². The summed E-state index contributed by atoms with van der Waals surface area (Å²) >= 11 is 1.58. The molecule has 0 bridgehead atoms. The fourth-order valence-electron chi connectivity index (χ4n) is 3.41. The van der Waals surface area contributed by atoms with Crippen LogP contribution in [0, 0.1) is 0 Å². The Labute approximate surface area is 150 Å². The van der Waals surface area contributed by atoms with Gasteiger partial charge in [0.15, 0.2) is 0 Å². The number of rotatable bonds is 4. The highest BCUT2D eigenvalue weighted by Gasteiger charge is 2.37. The van der Waals surface area contributed by atoms with Crippen molar-refractivity contribution < 1.29 is 14.6 Å². The van der Waals surface area contributed by atoms with Crippen molar-refractivity contribution in [1.29, 1.82) is 0 Å². The number of benzene rings is 1. The average Bonchev–Trinajstić information content (AvgIpc) is 3.15. The third-order valence-electron chi connectivity index (χ3n) is 4.68. The fourth-order valence-corrected chi connectivity index (χ4v) is 4.07. The Kier molecular flexibility index (Phi) is 4.74. The number of ether oxygens (including phenoxy) is 1. The van der Waals surface area contributed by atoms with Crippen molar-refractivity contribution in [3.05, 3.63) is 41.7 Å². The molecule has 2 atom stereocenters. The van der Waals surface area contributed by atoms with Crippen molar-refractivity contribution in [2.75, 3.05) is 25.4 Å². The predicted molar refractivity (Wildman–Crippen MR) is 92.4 cm³/mol. The smallest absolute Gasteiger partial charge is 0.253 e. The van der Waals surface area contributed by atoms with Crippen molar-refractivity contribution in [2.45, 2.75) is 30.1 Å². The van der Waals surface area contributed by atoms with Crippen LogP contribution in [0.5, 0.6) is 0 Å². The van der Waals surface area contributed by atoms with Gasteiger partial charge in [-0.25, -0.2) is 4.68 Å². The molecule has 1 N–H and O–H groups in total. The zero-order chi connectivity index (χ0) is 17.2. The summed E-state index contributed by atoms with van der Waals surface area (Å²) in [6, 6.07) is 7.72. The molecule has 1 aromatic carbocycles. The molecule has 1 saturated heterocycles. The normalized spacial score (nSPS) is 22.4. The Hall–Kier alpha value is -1.90. The largest absolute Gasteiger partial charge is 0.396 e. The molecule has 0 spiro atoms. The number of hydrogen-bond acceptors (Lipinski definition) is 6. The van der Waals surface area contributed by atoms with Gasteiger partial charge in [0, 0.05) is 29.3 Å². The van der Waals surface area contributed by atoms with Crippen molar-refractivity contribution in [3.8, 4) is 0 Å². The number of fused-ring (bicyclic) bond motifs is 3. The maximum atomic E-state index is 12.8. The number of nitrogens with zero attached hydrogens (tertiary/aromatic N) is 4. The van der Waals surface area contributed by atoms with E-state index in [1.807, 2.05) is 33.8 Å². The standard InChI is InChI=1S/C17H20N4O3S/c22-7-8-25-14-3-1-12(2-4-14)17(23)20-6-5-15-16(10-20)24-11-13-9-18-19-21(13)15/h1-4,9,15-16,22H,5-8,10-11H2/t15-,16-/m0/s1. The first-order valence-electron chi connectivity index (χ1n) is 8.40. The van der Waals surface area contributed by atoms with Crippen molar-refractivity contribution in [1.82, 2.24) is 19.9 Å². The van der Waals surface area contributed by atoms with Crippen LogP contribution in [0.2, 0.25) is 0 Å². The summed E-state index contributed by atoms with van der Waals surface area (Å²) in [5.74, 6) is 0.689. The van der Waals surface area contributed by atoms with E-state index in [1.54, 1.807) is 18.0 Å². The average molecular weight is 360 g/mol. The van der Waals surface area contributed by atoms with Crippen LogP contribution < -0.4 is 0 Å². The minimum absolute atomic E-state index is 0.0325. The van der Waals surface area contributed by atoms with Gasteiger partial charge in [0.1, 0.15) is 0 Å².